The fraction of sp³-hybridized carbons (Fsp3) is 0.217. The molecular formula is C23H24N2O3. The highest BCUT2D eigenvalue weighted by Crippen LogP contribution is 2.26. The molecular weight excluding hydrogens is 352 g/mol. The van der Waals surface area contributed by atoms with Crippen molar-refractivity contribution in [3.8, 4) is 17.2 Å². The molecule has 1 N–H and O–H groups in total. The van der Waals surface area contributed by atoms with E-state index in [9.17, 15) is 4.79 Å². The van der Waals surface area contributed by atoms with Crippen LogP contribution in [0.3, 0.4) is 0 Å². The van der Waals surface area contributed by atoms with Crippen molar-refractivity contribution in [3.05, 3.63) is 77.6 Å². The summed E-state index contributed by atoms with van der Waals surface area (Å²) in [6.07, 6.45) is 1.94. The number of amides is 1. The van der Waals surface area contributed by atoms with Gasteiger partial charge in [-0.2, -0.15) is 0 Å². The molecule has 0 saturated carbocycles. The number of anilines is 1. The summed E-state index contributed by atoms with van der Waals surface area (Å²) in [6, 6.07) is 18.4. The van der Waals surface area contributed by atoms with Gasteiger partial charge in [0.25, 0.3) is 5.91 Å². The second-order valence-corrected chi connectivity index (χ2v) is 6.45. The monoisotopic (exact) mass is 376 g/mol. The molecule has 28 heavy (non-hydrogen) atoms. The fourth-order valence-electron chi connectivity index (χ4n) is 2.85. The summed E-state index contributed by atoms with van der Waals surface area (Å²) in [5.74, 6) is 1.92. The van der Waals surface area contributed by atoms with E-state index in [-0.39, 0.29) is 5.91 Å². The molecule has 2 aromatic carbocycles. The Morgan fingerprint density at radius 2 is 1.75 bits per heavy atom. The van der Waals surface area contributed by atoms with Gasteiger partial charge in [-0.3, -0.25) is 9.78 Å². The van der Waals surface area contributed by atoms with Crippen LogP contribution in [0.25, 0.3) is 0 Å². The minimum absolute atomic E-state index is 0.172. The zero-order valence-electron chi connectivity index (χ0n) is 16.4. The van der Waals surface area contributed by atoms with Crippen LogP contribution in [-0.2, 0) is 6.42 Å². The quantitative estimate of drug-likeness (QED) is 0.600. The van der Waals surface area contributed by atoms with Crippen molar-refractivity contribution in [1.29, 1.82) is 0 Å². The Morgan fingerprint density at radius 3 is 2.43 bits per heavy atom. The number of pyridine rings is 1. The Hall–Kier alpha value is -3.34. The molecule has 5 nitrogen and oxygen atoms in total. The number of rotatable bonds is 7. The summed E-state index contributed by atoms with van der Waals surface area (Å²) < 4.78 is 11.0. The van der Waals surface area contributed by atoms with E-state index in [0.29, 0.717) is 22.7 Å². The van der Waals surface area contributed by atoms with Gasteiger partial charge in [0.1, 0.15) is 17.2 Å². The van der Waals surface area contributed by atoms with Crippen molar-refractivity contribution in [2.75, 3.05) is 12.4 Å². The number of nitrogens with one attached hydrogen (secondary N) is 1. The van der Waals surface area contributed by atoms with Crippen molar-refractivity contribution in [1.82, 2.24) is 4.98 Å². The van der Waals surface area contributed by atoms with Gasteiger partial charge >= 0.3 is 0 Å². The zero-order chi connectivity index (χ0) is 19.9. The lowest BCUT2D eigenvalue weighted by molar-refractivity contribution is 0.102. The summed E-state index contributed by atoms with van der Waals surface area (Å²) >= 11 is 0. The summed E-state index contributed by atoms with van der Waals surface area (Å²) in [6.45, 7) is 3.97. The lowest BCUT2D eigenvalue weighted by atomic mass is 10.1. The van der Waals surface area contributed by atoms with Crippen LogP contribution in [0.1, 0.15) is 35.1 Å². The van der Waals surface area contributed by atoms with Crippen LogP contribution in [0.4, 0.5) is 5.69 Å². The molecule has 0 aliphatic carbocycles. The molecule has 0 aliphatic heterocycles. The Bertz CT molecular complexity index is 952. The highest BCUT2D eigenvalue weighted by Gasteiger charge is 2.11. The third kappa shape index (κ3) is 4.88. The van der Waals surface area contributed by atoms with Crippen LogP contribution in [0.2, 0.25) is 0 Å². The highest BCUT2D eigenvalue weighted by molar-refractivity contribution is 6.05. The fourth-order valence-corrected chi connectivity index (χ4v) is 2.85. The molecule has 0 radical (unpaired) electrons. The topological polar surface area (TPSA) is 60.5 Å². The molecule has 0 unspecified atom stereocenters. The van der Waals surface area contributed by atoms with Crippen LogP contribution in [0.15, 0.2) is 60.7 Å². The molecule has 0 saturated heterocycles. The van der Waals surface area contributed by atoms with Crippen molar-refractivity contribution < 1.29 is 14.3 Å². The lowest BCUT2D eigenvalue weighted by Crippen LogP contribution is -2.14. The van der Waals surface area contributed by atoms with Gasteiger partial charge in [-0.1, -0.05) is 19.4 Å². The molecule has 0 bridgehead atoms. The molecule has 5 heteroatoms. The molecule has 0 fully saturated rings. The van der Waals surface area contributed by atoms with E-state index in [1.54, 1.807) is 7.11 Å². The first kappa shape index (κ1) is 19.4. The van der Waals surface area contributed by atoms with E-state index in [1.807, 2.05) is 67.6 Å². The van der Waals surface area contributed by atoms with Gasteiger partial charge in [0, 0.05) is 17.4 Å². The first-order chi connectivity index (χ1) is 13.6. The van der Waals surface area contributed by atoms with Gasteiger partial charge < -0.3 is 14.8 Å². The van der Waals surface area contributed by atoms with E-state index in [4.69, 9.17) is 9.47 Å². The molecule has 0 aliphatic rings. The molecule has 1 amide bonds. The average Bonchev–Trinajstić information content (AvgIpc) is 2.70. The van der Waals surface area contributed by atoms with Crippen molar-refractivity contribution in [2.24, 2.45) is 0 Å². The largest absolute Gasteiger partial charge is 0.497 e. The normalized spacial score (nSPS) is 10.4. The second-order valence-electron chi connectivity index (χ2n) is 6.45. The minimum Gasteiger partial charge on any atom is -0.497 e. The zero-order valence-corrected chi connectivity index (χ0v) is 16.4. The third-order valence-corrected chi connectivity index (χ3v) is 4.28. The van der Waals surface area contributed by atoms with Gasteiger partial charge in [-0.05, 0) is 61.9 Å². The number of aryl methyl sites for hydroxylation is 2. The predicted molar refractivity (Wildman–Crippen MR) is 110 cm³/mol. The smallest absolute Gasteiger partial charge is 0.257 e. The standard InChI is InChI=1S/C23H24N2O3/c1-4-6-17-11-14-22(16(2)24-17)23(26)25-18-9-12-19(13-10-18)28-21-8-5-7-20(15-21)27-3/h5,7-15H,4,6H2,1-3H3,(H,25,26). The van der Waals surface area contributed by atoms with E-state index in [1.165, 1.54) is 0 Å². The van der Waals surface area contributed by atoms with E-state index in [2.05, 4.69) is 17.2 Å². The summed E-state index contributed by atoms with van der Waals surface area (Å²) in [4.78, 5) is 17.1. The molecule has 0 atom stereocenters. The summed E-state index contributed by atoms with van der Waals surface area (Å²) in [5.41, 5.74) is 3.02. The van der Waals surface area contributed by atoms with Gasteiger partial charge in [0.05, 0.1) is 18.4 Å². The predicted octanol–water partition coefficient (Wildman–Crippen LogP) is 5.40. The van der Waals surface area contributed by atoms with E-state index >= 15 is 0 Å². The maximum atomic E-state index is 12.6. The van der Waals surface area contributed by atoms with Gasteiger partial charge in [0.15, 0.2) is 0 Å². The highest BCUT2D eigenvalue weighted by atomic mass is 16.5. The average molecular weight is 376 g/mol. The number of hydrogen-bond acceptors (Lipinski definition) is 4. The van der Waals surface area contributed by atoms with E-state index in [0.717, 1.165) is 30.0 Å². The van der Waals surface area contributed by atoms with Crippen LogP contribution in [0.5, 0.6) is 17.2 Å². The Labute approximate surface area is 165 Å². The first-order valence-corrected chi connectivity index (χ1v) is 9.29. The first-order valence-electron chi connectivity index (χ1n) is 9.29. The Morgan fingerprint density at radius 1 is 1.00 bits per heavy atom. The number of carbonyl (C=O) groups excluding carboxylic acids is 1. The van der Waals surface area contributed by atoms with Crippen molar-refractivity contribution in [3.63, 3.8) is 0 Å². The maximum Gasteiger partial charge on any atom is 0.257 e. The number of ether oxygens (including phenoxy) is 2. The van der Waals surface area contributed by atoms with Crippen molar-refractivity contribution >= 4 is 11.6 Å². The van der Waals surface area contributed by atoms with E-state index < -0.39 is 0 Å². The molecule has 0 spiro atoms. The Balaban J connectivity index is 1.66. The minimum atomic E-state index is -0.172. The van der Waals surface area contributed by atoms with Crippen LogP contribution >= 0.6 is 0 Å². The SMILES string of the molecule is CCCc1ccc(C(=O)Nc2ccc(Oc3cccc(OC)c3)cc2)c(C)n1. The van der Waals surface area contributed by atoms with Gasteiger partial charge in [-0.15, -0.1) is 0 Å². The lowest BCUT2D eigenvalue weighted by Gasteiger charge is -2.10. The molecule has 3 rings (SSSR count). The molecule has 1 aromatic heterocycles. The summed E-state index contributed by atoms with van der Waals surface area (Å²) in [5, 5.41) is 2.91. The number of hydrogen-bond donors (Lipinski definition) is 1. The van der Waals surface area contributed by atoms with Crippen LogP contribution in [0, 0.1) is 6.92 Å². The molecule has 1 heterocycles. The third-order valence-electron chi connectivity index (χ3n) is 4.28. The van der Waals surface area contributed by atoms with Crippen LogP contribution < -0.4 is 14.8 Å². The van der Waals surface area contributed by atoms with Gasteiger partial charge in [0.2, 0.25) is 0 Å². The number of aromatic nitrogens is 1. The molecule has 144 valence electrons. The molecule has 3 aromatic rings. The van der Waals surface area contributed by atoms with Crippen molar-refractivity contribution in [2.45, 2.75) is 26.7 Å². The number of methoxy groups -OCH3 is 1. The number of benzene rings is 2. The maximum absolute atomic E-state index is 12.6. The second kappa shape index (κ2) is 9.04. The van der Waals surface area contributed by atoms with Crippen LogP contribution in [-0.4, -0.2) is 18.0 Å². The number of nitrogens with zero attached hydrogens (tertiary/aromatic N) is 1. The summed E-state index contributed by atoms with van der Waals surface area (Å²) in [7, 11) is 1.62. The Kier molecular flexibility index (Phi) is 6.27. The van der Waals surface area contributed by atoms with Gasteiger partial charge in [-0.25, -0.2) is 0 Å². The number of carbonyl (C=O) groups is 1.